The van der Waals surface area contributed by atoms with Gasteiger partial charge < -0.3 is 5.32 Å². The molecule has 3 heteroatoms. The summed E-state index contributed by atoms with van der Waals surface area (Å²) < 4.78 is 0. The number of carbonyl (C=O) groups is 2. The fourth-order valence-corrected chi connectivity index (χ4v) is 2.03. The molecule has 1 N–H and O–H groups in total. The Morgan fingerprint density at radius 2 is 1.47 bits per heavy atom. The molecule has 1 heterocycles. The molecule has 1 aliphatic heterocycles. The highest BCUT2D eigenvalue weighted by Crippen LogP contribution is 2.34. The molecule has 0 spiro atoms. The maximum Gasteiger partial charge on any atom is 0.296 e. The lowest BCUT2D eigenvalue weighted by molar-refractivity contribution is -0.112. The second-order valence-electron chi connectivity index (χ2n) is 3.88. The number of Topliss-reactive ketones (excluding diaryl/α,β-unsaturated/α-hetero) is 1. The van der Waals surface area contributed by atoms with E-state index in [9.17, 15) is 9.59 Å². The van der Waals surface area contributed by atoms with Gasteiger partial charge in [0.1, 0.15) is 0 Å². The molecule has 0 saturated carbocycles. The highest BCUT2D eigenvalue weighted by molar-refractivity contribution is 6.52. The summed E-state index contributed by atoms with van der Waals surface area (Å²) in [5.74, 6) is -1.01. The maximum atomic E-state index is 11.6. The Morgan fingerprint density at radius 3 is 2.24 bits per heavy atom. The average molecular weight is 223 g/mol. The summed E-state index contributed by atoms with van der Waals surface area (Å²) in [6.07, 6.45) is 0. The topological polar surface area (TPSA) is 46.2 Å². The molecule has 1 aliphatic rings. The lowest BCUT2D eigenvalue weighted by Gasteiger charge is -2.06. The van der Waals surface area contributed by atoms with Crippen LogP contribution in [0, 0.1) is 0 Å². The summed E-state index contributed by atoms with van der Waals surface area (Å²) in [5.41, 5.74) is 2.94. The number of anilines is 1. The summed E-state index contributed by atoms with van der Waals surface area (Å²) in [5, 5.41) is 2.63. The van der Waals surface area contributed by atoms with Gasteiger partial charge >= 0.3 is 0 Å². The van der Waals surface area contributed by atoms with E-state index < -0.39 is 11.7 Å². The first-order chi connectivity index (χ1) is 8.27. The molecule has 0 fully saturated rings. The minimum atomic E-state index is -0.552. The number of para-hydroxylation sites is 1. The van der Waals surface area contributed by atoms with Crippen LogP contribution in [0.3, 0.4) is 0 Å². The first kappa shape index (κ1) is 9.78. The van der Waals surface area contributed by atoms with E-state index in [2.05, 4.69) is 5.32 Å². The third-order valence-electron chi connectivity index (χ3n) is 2.84. The van der Waals surface area contributed by atoms with Crippen molar-refractivity contribution in [1.29, 1.82) is 0 Å². The van der Waals surface area contributed by atoms with Crippen molar-refractivity contribution in [2.75, 3.05) is 5.32 Å². The highest BCUT2D eigenvalue weighted by atomic mass is 16.2. The molecular weight excluding hydrogens is 214 g/mol. The Bertz CT molecular complexity index is 617. The van der Waals surface area contributed by atoms with Crippen molar-refractivity contribution in [3.8, 4) is 11.1 Å². The number of benzene rings is 2. The highest BCUT2D eigenvalue weighted by Gasteiger charge is 2.29. The molecule has 1 amide bonds. The van der Waals surface area contributed by atoms with E-state index in [1.54, 1.807) is 12.1 Å². The quantitative estimate of drug-likeness (QED) is 0.755. The molecule has 82 valence electrons. The van der Waals surface area contributed by atoms with Gasteiger partial charge in [-0.1, -0.05) is 42.5 Å². The summed E-state index contributed by atoms with van der Waals surface area (Å²) in [6, 6.07) is 15.0. The summed E-state index contributed by atoms with van der Waals surface area (Å²) in [6.45, 7) is 0. The van der Waals surface area contributed by atoms with Crippen molar-refractivity contribution in [3.05, 3.63) is 54.1 Å². The van der Waals surface area contributed by atoms with Crippen LogP contribution < -0.4 is 5.32 Å². The van der Waals surface area contributed by atoms with Gasteiger partial charge in [0, 0.05) is 5.56 Å². The van der Waals surface area contributed by atoms with Crippen LogP contribution in [0.25, 0.3) is 11.1 Å². The molecule has 0 unspecified atom stereocenters. The standard InChI is InChI=1S/C14H9NO2/c16-13-11-8-4-7-10(12(11)15-14(13)17)9-5-2-1-3-6-9/h1-8H,(H,15,16,17). The van der Waals surface area contributed by atoms with E-state index in [0.717, 1.165) is 11.1 Å². The molecule has 3 nitrogen and oxygen atoms in total. The summed E-state index contributed by atoms with van der Waals surface area (Å²) >= 11 is 0. The van der Waals surface area contributed by atoms with Gasteiger partial charge in [0.2, 0.25) is 0 Å². The van der Waals surface area contributed by atoms with Crippen LogP contribution in [0.5, 0.6) is 0 Å². The van der Waals surface area contributed by atoms with Crippen molar-refractivity contribution in [2.24, 2.45) is 0 Å². The molecule has 3 rings (SSSR count). The van der Waals surface area contributed by atoms with Gasteiger partial charge in [0.25, 0.3) is 11.7 Å². The second-order valence-corrected chi connectivity index (χ2v) is 3.88. The van der Waals surface area contributed by atoms with Gasteiger partial charge in [0.15, 0.2) is 0 Å². The largest absolute Gasteiger partial charge is 0.318 e. The van der Waals surface area contributed by atoms with Crippen LogP contribution in [0.2, 0.25) is 0 Å². The number of nitrogens with one attached hydrogen (secondary N) is 1. The minimum Gasteiger partial charge on any atom is -0.318 e. The zero-order valence-electron chi connectivity index (χ0n) is 8.94. The van der Waals surface area contributed by atoms with E-state index in [1.165, 1.54) is 0 Å². The van der Waals surface area contributed by atoms with Gasteiger partial charge in [-0.05, 0) is 11.6 Å². The smallest absolute Gasteiger partial charge is 0.296 e. The third kappa shape index (κ3) is 1.44. The lowest BCUT2D eigenvalue weighted by atomic mass is 10.0. The van der Waals surface area contributed by atoms with Crippen LogP contribution >= 0.6 is 0 Å². The molecule has 0 atom stereocenters. The van der Waals surface area contributed by atoms with Crippen LogP contribution in [0.15, 0.2) is 48.5 Å². The van der Waals surface area contributed by atoms with Gasteiger partial charge in [0.05, 0.1) is 11.3 Å². The summed E-state index contributed by atoms with van der Waals surface area (Å²) in [7, 11) is 0. The van der Waals surface area contributed by atoms with E-state index in [1.807, 2.05) is 36.4 Å². The Balaban J connectivity index is 2.22. The van der Waals surface area contributed by atoms with Crippen LogP contribution in [-0.4, -0.2) is 11.7 Å². The first-order valence-corrected chi connectivity index (χ1v) is 5.31. The normalized spacial score (nSPS) is 13.4. The fraction of sp³-hybridized carbons (Fsp3) is 0. The van der Waals surface area contributed by atoms with Crippen LogP contribution in [0.1, 0.15) is 10.4 Å². The average Bonchev–Trinajstić information content (AvgIpc) is 2.67. The van der Waals surface area contributed by atoms with Gasteiger partial charge in [-0.3, -0.25) is 9.59 Å². The minimum absolute atomic E-state index is 0.455. The molecule has 2 aromatic carbocycles. The first-order valence-electron chi connectivity index (χ1n) is 5.31. The molecule has 2 aromatic rings. The molecule has 0 aliphatic carbocycles. The number of hydrogen-bond donors (Lipinski definition) is 1. The lowest BCUT2D eigenvalue weighted by Crippen LogP contribution is -2.12. The Morgan fingerprint density at radius 1 is 0.765 bits per heavy atom. The van der Waals surface area contributed by atoms with Crippen molar-refractivity contribution >= 4 is 17.4 Å². The van der Waals surface area contributed by atoms with Crippen molar-refractivity contribution < 1.29 is 9.59 Å². The Labute approximate surface area is 98.1 Å². The third-order valence-corrected chi connectivity index (χ3v) is 2.84. The van der Waals surface area contributed by atoms with E-state index >= 15 is 0 Å². The number of carbonyl (C=O) groups excluding carboxylic acids is 2. The van der Waals surface area contributed by atoms with Crippen molar-refractivity contribution in [2.45, 2.75) is 0 Å². The zero-order chi connectivity index (χ0) is 11.8. The van der Waals surface area contributed by atoms with Crippen LogP contribution in [-0.2, 0) is 4.79 Å². The van der Waals surface area contributed by atoms with E-state index in [0.29, 0.717) is 11.3 Å². The van der Waals surface area contributed by atoms with E-state index in [-0.39, 0.29) is 0 Å². The molecule has 0 saturated heterocycles. The fourth-order valence-electron chi connectivity index (χ4n) is 2.03. The molecule has 0 aromatic heterocycles. The monoisotopic (exact) mass is 223 g/mol. The van der Waals surface area contributed by atoms with Crippen LogP contribution in [0.4, 0.5) is 5.69 Å². The zero-order valence-corrected chi connectivity index (χ0v) is 8.94. The Kier molecular flexibility index (Phi) is 2.05. The number of ketones is 1. The number of amides is 1. The van der Waals surface area contributed by atoms with Crippen molar-refractivity contribution in [1.82, 2.24) is 0 Å². The van der Waals surface area contributed by atoms with Gasteiger partial charge in [-0.25, -0.2) is 0 Å². The van der Waals surface area contributed by atoms with E-state index in [4.69, 9.17) is 0 Å². The SMILES string of the molecule is O=C1Nc2c(cccc2-c2ccccc2)C1=O. The van der Waals surface area contributed by atoms with Crippen molar-refractivity contribution in [3.63, 3.8) is 0 Å². The summed E-state index contributed by atoms with van der Waals surface area (Å²) in [4.78, 5) is 22.9. The number of fused-ring (bicyclic) bond motifs is 1. The van der Waals surface area contributed by atoms with Gasteiger partial charge in [-0.2, -0.15) is 0 Å². The number of rotatable bonds is 1. The van der Waals surface area contributed by atoms with Gasteiger partial charge in [-0.15, -0.1) is 0 Å². The Hall–Kier alpha value is -2.42. The molecule has 0 radical (unpaired) electrons. The number of hydrogen-bond acceptors (Lipinski definition) is 2. The maximum absolute atomic E-state index is 11.6. The predicted octanol–water partition coefficient (Wildman–Crippen LogP) is 2.49. The molecule has 0 bridgehead atoms. The second kappa shape index (κ2) is 3.56. The molecule has 17 heavy (non-hydrogen) atoms. The molecular formula is C14H9NO2. The predicted molar refractivity (Wildman–Crippen MR) is 64.8 cm³/mol.